The van der Waals surface area contributed by atoms with Gasteiger partial charge in [-0.15, -0.1) is 0 Å². The Kier molecular flexibility index (Phi) is 5.99. The predicted molar refractivity (Wildman–Crippen MR) is 132 cm³/mol. The van der Waals surface area contributed by atoms with Crippen LogP contribution in [0.3, 0.4) is 0 Å². The van der Waals surface area contributed by atoms with E-state index in [1.165, 1.54) is 17.3 Å². The second-order valence-corrected chi connectivity index (χ2v) is 8.17. The SMILES string of the molecule is CCOc1ccccc1CCNc1ncnc(N2CCc3c([nH]c4ccccc34)C2)c1[N+](=O)[O-]. The second kappa shape index (κ2) is 9.38. The summed E-state index contributed by atoms with van der Waals surface area (Å²) in [6.45, 7) is 4.18. The number of benzene rings is 2. The summed E-state index contributed by atoms with van der Waals surface area (Å²) in [4.78, 5) is 25.6. The van der Waals surface area contributed by atoms with E-state index in [9.17, 15) is 10.1 Å². The van der Waals surface area contributed by atoms with E-state index < -0.39 is 4.92 Å². The summed E-state index contributed by atoms with van der Waals surface area (Å²) >= 11 is 0. The Hall–Kier alpha value is -4.14. The molecule has 0 aliphatic carbocycles. The van der Waals surface area contributed by atoms with Gasteiger partial charge in [-0.05, 0) is 43.0 Å². The Morgan fingerprint density at radius 1 is 1.18 bits per heavy atom. The van der Waals surface area contributed by atoms with Gasteiger partial charge in [-0.1, -0.05) is 36.4 Å². The van der Waals surface area contributed by atoms with E-state index in [0.717, 1.165) is 28.9 Å². The lowest BCUT2D eigenvalue weighted by molar-refractivity contribution is -0.383. The summed E-state index contributed by atoms with van der Waals surface area (Å²) < 4.78 is 5.68. The van der Waals surface area contributed by atoms with E-state index in [2.05, 4.69) is 32.4 Å². The standard InChI is InChI=1S/C25H26N6O3/c1-2-34-22-10-6-3-7-17(22)11-13-26-24-23(31(32)33)25(28-16-27-24)30-14-12-19-18-8-4-5-9-20(18)29-21(19)15-30/h3-10,16,29H,2,11-15H2,1H3,(H,26,27,28). The average Bonchev–Trinajstić information content (AvgIpc) is 3.23. The van der Waals surface area contributed by atoms with Gasteiger partial charge in [-0.2, -0.15) is 0 Å². The number of hydrogen-bond donors (Lipinski definition) is 2. The molecule has 0 radical (unpaired) electrons. The van der Waals surface area contributed by atoms with Gasteiger partial charge in [0.1, 0.15) is 12.1 Å². The van der Waals surface area contributed by atoms with Crippen LogP contribution in [0, 0.1) is 10.1 Å². The number of fused-ring (bicyclic) bond motifs is 3. The molecule has 2 aromatic heterocycles. The summed E-state index contributed by atoms with van der Waals surface area (Å²) in [5, 5.41) is 16.4. The van der Waals surface area contributed by atoms with Crippen molar-refractivity contribution >= 4 is 28.2 Å². The lowest BCUT2D eigenvalue weighted by atomic mass is 10.0. The molecule has 1 aliphatic rings. The summed E-state index contributed by atoms with van der Waals surface area (Å²) in [5.41, 5.74) is 4.37. The number of aromatic nitrogens is 3. The maximum absolute atomic E-state index is 12.1. The van der Waals surface area contributed by atoms with E-state index in [-0.39, 0.29) is 11.5 Å². The number of rotatable bonds is 8. The largest absolute Gasteiger partial charge is 0.494 e. The zero-order valence-electron chi connectivity index (χ0n) is 19.0. The fourth-order valence-electron chi connectivity index (χ4n) is 4.59. The summed E-state index contributed by atoms with van der Waals surface area (Å²) in [5.74, 6) is 1.39. The van der Waals surface area contributed by atoms with Crippen LogP contribution in [-0.4, -0.2) is 39.6 Å². The molecule has 34 heavy (non-hydrogen) atoms. The smallest absolute Gasteiger partial charge is 0.353 e. The lowest BCUT2D eigenvalue weighted by Gasteiger charge is -2.27. The minimum atomic E-state index is -0.396. The van der Waals surface area contributed by atoms with Crippen molar-refractivity contribution in [3.8, 4) is 5.75 Å². The van der Waals surface area contributed by atoms with Gasteiger partial charge in [0.05, 0.1) is 18.1 Å². The first-order chi connectivity index (χ1) is 16.7. The molecule has 0 amide bonds. The van der Waals surface area contributed by atoms with Crippen LogP contribution in [0.1, 0.15) is 23.7 Å². The molecule has 0 spiro atoms. The highest BCUT2D eigenvalue weighted by Gasteiger charge is 2.30. The molecule has 174 valence electrons. The van der Waals surface area contributed by atoms with Crippen LogP contribution in [-0.2, 0) is 19.4 Å². The van der Waals surface area contributed by atoms with E-state index in [4.69, 9.17) is 4.74 Å². The number of para-hydroxylation sites is 2. The fraction of sp³-hybridized carbons (Fsp3) is 0.280. The van der Waals surface area contributed by atoms with Gasteiger partial charge < -0.3 is 19.9 Å². The molecule has 0 bridgehead atoms. The van der Waals surface area contributed by atoms with Crippen molar-refractivity contribution in [3.05, 3.63) is 81.8 Å². The van der Waals surface area contributed by atoms with Crippen LogP contribution in [0.2, 0.25) is 0 Å². The van der Waals surface area contributed by atoms with Crippen molar-refractivity contribution in [2.45, 2.75) is 26.3 Å². The molecule has 9 nitrogen and oxygen atoms in total. The van der Waals surface area contributed by atoms with Crippen molar-refractivity contribution in [1.29, 1.82) is 0 Å². The summed E-state index contributed by atoms with van der Waals surface area (Å²) in [7, 11) is 0. The van der Waals surface area contributed by atoms with Gasteiger partial charge in [0.15, 0.2) is 0 Å². The van der Waals surface area contributed by atoms with Crippen molar-refractivity contribution in [2.75, 3.05) is 29.9 Å². The number of ether oxygens (including phenoxy) is 1. The van der Waals surface area contributed by atoms with E-state index in [1.54, 1.807) is 0 Å². The first-order valence-electron chi connectivity index (χ1n) is 11.4. The van der Waals surface area contributed by atoms with Gasteiger partial charge >= 0.3 is 5.69 Å². The van der Waals surface area contributed by atoms with Crippen LogP contribution in [0.4, 0.5) is 17.3 Å². The minimum absolute atomic E-state index is 0.0971. The van der Waals surface area contributed by atoms with Crippen molar-refractivity contribution < 1.29 is 9.66 Å². The van der Waals surface area contributed by atoms with Crippen LogP contribution in [0.5, 0.6) is 5.75 Å². The van der Waals surface area contributed by atoms with Crippen LogP contribution in [0.25, 0.3) is 10.9 Å². The van der Waals surface area contributed by atoms with Gasteiger partial charge in [0.25, 0.3) is 0 Å². The maximum Gasteiger partial charge on any atom is 0.353 e. The Bertz CT molecular complexity index is 1340. The van der Waals surface area contributed by atoms with Crippen molar-refractivity contribution in [2.24, 2.45) is 0 Å². The molecule has 1 aliphatic heterocycles. The third-order valence-electron chi connectivity index (χ3n) is 6.13. The summed E-state index contributed by atoms with van der Waals surface area (Å²) in [6.07, 6.45) is 2.83. The number of H-pyrrole nitrogens is 1. The minimum Gasteiger partial charge on any atom is -0.494 e. The highest BCUT2D eigenvalue weighted by Crippen LogP contribution is 2.36. The summed E-state index contributed by atoms with van der Waals surface area (Å²) in [6, 6.07) is 16.0. The topological polar surface area (TPSA) is 109 Å². The molecule has 0 atom stereocenters. The number of nitrogens with zero attached hydrogens (tertiary/aromatic N) is 4. The van der Waals surface area contributed by atoms with E-state index in [0.29, 0.717) is 38.5 Å². The zero-order chi connectivity index (χ0) is 23.5. The number of hydrogen-bond acceptors (Lipinski definition) is 7. The van der Waals surface area contributed by atoms with E-state index >= 15 is 0 Å². The lowest BCUT2D eigenvalue weighted by Crippen LogP contribution is -2.31. The fourth-order valence-corrected chi connectivity index (χ4v) is 4.59. The Morgan fingerprint density at radius 2 is 2.00 bits per heavy atom. The first-order valence-corrected chi connectivity index (χ1v) is 11.4. The Morgan fingerprint density at radius 3 is 2.85 bits per heavy atom. The number of nitrogens with one attached hydrogen (secondary N) is 2. The molecular formula is C25H26N6O3. The molecule has 2 N–H and O–H groups in total. The highest BCUT2D eigenvalue weighted by molar-refractivity contribution is 5.85. The molecule has 4 aromatic rings. The quantitative estimate of drug-likeness (QED) is 0.296. The maximum atomic E-state index is 12.1. The van der Waals surface area contributed by atoms with Crippen molar-refractivity contribution in [1.82, 2.24) is 15.0 Å². The average molecular weight is 459 g/mol. The van der Waals surface area contributed by atoms with Gasteiger partial charge in [0, 0.05) is 29.7 Å². The molecular weight excluding hydrogens is 432 g/mol. The van der Waals surface area contributed by atoms with Crippen LogP contribution in [0.15, 0.2) is 54.9 Å². The third kappa shape index (κ3) is 4.12. The third-order valence-corrected chi connectivity index (χ3v) is 6.13. The molecule has 3 heterocycles. The molecule has 0 saturated carbocycles. The normalized spacial score (nSPS) is 13.0. The molecule has 2 aromatic carbocycles. The molecule has 0 unspecified atom stereocenters. The molecule has 5 rings (SSSR count). The Balaban J connectivity index is 1.37. The van der Waals surface area contributed by atoms with Crippen LogP contribution >= 0.6 is 0 Å². The van der Waals surface area contributed by atoms with Crippen molar-refractivity contribution in [3.63, 3.8) is 0 Å². The number of aromatic amines is 1. The zero-order valence-corrected chi connectivity index (χ0v) is 19.0. The van der Waals surface area contributed by atoms with E-state index in [1.807, 2.05) is 48.2 Å². The van der Waals surface area contributed by atoms with Crippen LogP contribution < -0.4 is 15.0 Å². The highest BCUT2D eigenvalue weighted by atomic mass is 16.6. The molecule has 0 saturated heterocycles. The molecule has 0 fully saturated rings. The monoisotopic (exact) mass is 458 g/mol. The molecule has 9 heteroatoms. The Labute approximate surface area is 197 Å². The van der Waals surface area contributed by atoms with Gasteiger partial charge in [-0.25, -0.2) is 9.97 Å². The number of nitro groups is 1. The predicted octanol–water partition coefficient (Wildman–Crippen LogP) is 4.48. The second-order valence-electron chi connectivity index (χ2n) is 8.17. The van der Waals surface area contributed by atoms with Gasteiger partial charge in [0.2, 0.25) is 11.6 Å². The van der Waals surface area contributed by atoms with Gasteiger partial charge in [-0.3, -0.25) is 10.1 Å². The number of anilines is 2. The first kappa shape index (κ1) is 21.7.